The SMILES string of the molecule is CN(C)CCCCNC(=O)c1sccc1C=CC(=O)O. The Morgan fingerprint density at radius 1 is 1.40 bits per heavy atom. The van der Waals surface area contributed by atoms with Crippen molar-refractivity contribution in [2.45, 2.75) is 12.8 Å². The Morgan fingerprint density at radius 3 is 2.80 bits per heavy atom. The highest BCUT2D eigenvalue weighted by molar-refractivity contribution is 7.12. The summed E-state index contributed by atoms with van der Waals surface area (Å²) in [6.07, 6.45) is 4.44. The molecule has 0 spiro atoms. The van der Waals surface area contributed by atoms with Gasteiger partial charge in [0.1, 0.15) is 0 Å². The van der Waals surface area contributed by atoms with Gasteiger partial charge in [-0.3, -0.25) is 4.79 Å². The molecule has 1 rings (SSSR count). The van der Waals surface area contributed by atoms with Crippen LogP contribution in [-0.4, -0.2) is 49.1 Å². The van der Waals surface area contributed by atoms with Gasteiger partial charge in [0.05, 0.1) is 4.88 Å². The molecule has 0 radical (unpaired) electrons. The summed E-state index contributed by atoms with van der Waals surface area (Å²) in [6, 6.07) is 1.74. The molecule has 0 saturated heterocycles. The average molecular weight is 296 g/mol. The van der Waals surface area contributed by atoms with Crippen LogP contribution in [0, 0.1) is 0 Å². The van der Waals surface area contributed by atoms with E-state index in [0.29, 0.717) is 17.0 Å². The van der Waals surface area contributed by atoms with Crippen molar-refractivity contribution < 1.29 is 14.7 Å². The van der Waals surface area contributed by atoms with Crippen molar-refractivity contribution in [2.24, 2.45) is 0 Å². The van der Waals surface area contributed by atoms with Gasteiger partial charge >= 0.3 is 5.97 Å². The van der Waals surface area contributed by atoms with Gasteiger partial charge in [-0.05, 0) is 56.6 Å². The second kappa shape index (κ2) is 8.50. The van der Waals surface area contributed by atoms with Gasteiger partial charge < -0.3 is 15.3 Å². The number of hydrogen-bond donors (Lipinski definition) is 2. The number of thiophene rings is 1. The number of carbonyl (C=O) groups excluding carboxylic acids is 1. The highest BCUT2D eigenvalue weighted by Crippen LogP contribution is 2.18. The van der Waals surface area contributed by atoms with Crippen LogP contribution in [-0.2, 0) is 4.79 Å². The Bertz CT molecular complexity index is 481. The van der Waals surface area contributed by atoms with Crippen molar-refractivity contribution in [3.63, 3.8) is 0 Å². The van der Waals surface area contributed by atoms with E-state index in [4.69, 9.17) is 5.11 Å². The molecule has 1 aromatic rings. The fraction of sp³-hybridized carbons (Fsp3) is 0.429. The number of amides is 1. The number of aliphatic carboxylic acids is 1. The monoisotopic (exact) mass is 296 g/mol. The van der Waals surface area contributed by atoms with E-state index in [0.717, 1.165) is 25.5 Å². The predicted molar refractivity (Wildman–Crippen MR) is 81.1 cm³/mol. The quantitative estimate of drug-likeness (QED) is 0.568. The van der Waals surface area contributed by atoms with Crippen molar-refractivity contribution in [1.29, 1.82) is 0 Å². The maximum absolute atomic E-state index is 12.0. The zero-order valence-electron chi connectivity index (χ0n) is 11.8. The molecular weight excluding hydrogens is 276 g/mol. The normalized spacial score (nSPS) is 11.2. The zero-order chi connectivity index (χ0) is 15.0. The number of hydrogen-bond acceptors (Lipinski definition) is 4. The molecule has 2 N–H and O–H groups in total. The lowest BCUT2D eigenvalue weighted by Crippen LogP contribution is -2.25. The number of nitrogens with zero attached hydrogens (tertiary/aromatic N) is 1. The minimum atomic E-state index is -1.02. The van der Waals surface area contributed by atoms with Gasteiger partial charge in [0.25, 0.3) is 5.91 Å². The van der Waals surface area contributed by atoms with E-state index in [1.54, 1.807) is 11.4 Å². The molecule has 0 unspecified atom stereocenters. The summed E-state index contributed by atoms with van der Waals surface area (Å²) >= 11 is 1.31. The number of unbranched alkanes of at least 4 members (excludes halogenated alkanes) is 1. The first-order valence-electron chi connectivity index (χ1n) is 6.42. The van der Waals surface area contributed by atoms with Gasteiger partial charge in [-0.15, -0.1) is 11.3 Å². The smallest absolute Gasteiger partial charge is 0.328 e. The Labute approximate surface area is 122 Å². The number of rotatable bonds is 8. The fourth-order valence-electron chi connectivity index (χ4n) is 1.63. The third-order valence-corrected chi connectivity index (χ3v) is 3.55. The first kappa shape index (κ1) is 16.4. The van der Waals surface area contributed by atoms with Crippen LogP contribution in [0.4, 0.5) is 0 Å². The Morgan fingerprint density at radius 2 is 2.15 bits per heavy atom. The zero-order valence-corrected chi connectivity index (χ0v) is 12.6. The standard InChI is InChI=1S/C14H20N2O3S/c1-16(2)9-4-3-8-15-14(19)13-11(7-10-20-13)5-6-12(17)18/h5-7,10H,3-4,8-9H2,1-2H3,(H,15,19)(H,17,18). The molecule has 0 aliphatic heterocycles. The van der Waals surface area contributed by atoms with E-state index in [1.165, 1.54) is 17.4 Å². The molecule has 6 heteroatoms. The summed E-state index contributed by atoms with van der Waals surface area (Å²) in [5, 5.41) is 13.2. The van der Waals surface area contributed by atoms with E-state index in [2.05, 4.69) is 10.2 Å². The molecule has 0 aliphatic carbocycles. The lowest BCUT2D eigenvalue weighted by Gasteiger charge is -2.09. The topological polar surface area (TPSA) is 69.6 Å². The molecular formula is C14H20N2O3S. The van der Waals surface area contributed by atoms with Crippen LogP contribution in [0.2, 0.25) is 0 Å². The van der Waals surface area contributed by atoms with E-state index in [9.17, 15) is 9.59 Å². The summed E-state index contributed by atoms with van der Waals surface area (Å²) in [4.78, 5) is 25.1. The molecule has 1 amide bonds. The van der Waals surface area contributed by atoms with Gasteiger partial charge in [-0.2, -0.15) is 0 Å². The van der Waals surface area contributed by atoms with Gasteiger partial charge in [-0.25, -0.2) is 4.79 Å². The first-order valence-corrected chi connectivity index (χ1v) is 7.30. The number of carboxylic acids is 1. The van der Waals surface area contributed by atoms with Crippen LogP contribution in [0.5, 0.6) is 0 Å². The van der Waals surface area contributed by atoms with E-state index >= 15 is 0 Å². The Kier molecular flexibility index (Phi) is 6.97. The molecule has 0 bridgehead atoms. The van der Waals surface area contributed by atoms with Crippen molar-refractivity contribution in [3.05, 3.63) is 28.0 Å². The highest BCUT2D eigenvalue weighted by Gasteiger charge is 2.10. The van der Waals surface area contributed by atoms with Crippen LogP contribution >= 0.6 is 11.3 Å². The van der Waals surface area contributed by atoms with E-state index < -0.39 is 5.97 Å². The summed E-state index contributed by atoms with van der Waals surface area (Å²) in [5.41, 5.74) is 0.642. The number of carboxylic acid groups (broad SMARTS) is 1. The molecule has 0 aliphatic rings. The first-order chi connectivity index (χ1) is 9.50. The molecule has 0 aromatic carbocycles. The number of nitrogens with one attached hydrogen (secondary N) is 1. The van der Waals surface area contributed by atoms with Gasteiger partial charge in [0, 0.05) is 12.6 Å². The lowest BCUT2D eigenvalue weighted by molar-refractivity contribution is -0.131. The van der Waals surface area contributed by atoms with E-state index in [-0.39, 0.29) is 5.91 Å². The number of carbonyl (C=O) groups is 2. The van der Waals surface area contributed by atoms with Crippen molar-refractivity contribution in [2.75, 3.05) is 27.2 Å². The van der Waals surface area contributed by atoms with Crippen molar-refractivity contribution >= 4 is 29.3 Å². The van der Waals surface area contributed by atoms with E-state index in [1.807, 2.05) is 14.1 Å². The second-order valence-corrected chi connectivity index (χ2v) is 5.56. The minimum Gasteiger partial charge on any atom is -0.478 e. The summed E-state index contributed by atoms with van der Waals surface area (Å²) < 4.78 is 0. The molecule has 0 fully saturated rings. The molecule has 0 saturated carbocycles. The van der Waals surface area contributed by atoms with Gasteiger partial charge in [-0.1, -0.05) is 0 Å². The minimum absolute atomic E-state index is 0.144. The van der Waals surface area contributed by atoms with Crippen molar-refractivity contribution in [3.8, 4) is 0 Å². The maximum Gasteiger partial charge on any atom is 0.328 e. The molecule has 1 aromatic heterocycles. The van der Waals surface area contributed by atoms with Crippen LogP contribution in [0.25, 0.3) is 6.08 Å². The van der Waals surface area contributed by atoms with Gasteiger partial charge in [0.2, 0.25) is 0 Å². The third kappa shape index (κ3) is 5.99. The van der Waals surface area contributed by atoms with Gasteiger partial charge in [0.15, 0.2) is 0 Å². The third-order valence-electron chi connectivity index (χ3n) is 2.63. The van der Waals surface area contributed by atoms with Crippen molar-refractivity contribution in [1.82, 2.24) is 10.2 Å². The largest absolute Gasteiger partial charge is 0.478 e. The molecule has 5 nitrogen and oxygen atoms in total. The average Bonchev–Trinajstić information content (AvgIpc) is 2.83. The van der Waals surface area contributed by atoms with Crippen LogP contribution in [0.15, 0.2) is 17.5 Å². The molecule has 0 atom stereocenters. The molecule has 1 heterocycles. The maximum atomic E-state index is 12.0. The summed E-state index contributed by atoms with van der Waals surface area (Å²) in [6.45, 7) is 1.63. The highest BCUT2D eigenvalue weighted by atomic mass is 32.1. The summed E-state index contributed by atoms with van der Waals surface area (Å²) in [7, 11) is 4.04. The van der Waals surface area contributed by atoms with Crippen LogP contribution < -0.4 is 5.32 Å². The summed E-state index contributed by atoms with van der Waals surface area (Å²) in [5.74, 6) is -1.17. The second-order valence-electron chi connectivity index (χ2n) is 4.64. The fourth-order valence-corrected chi connectivity index (χ4v) is 2.43. The molecule has 20 heavy (non-hydrogen) atoms. The Hall–Kier alpha value is -1.66. The van der Waals surface area contributed by atoms with Crippen LogP contribution in [0.3, 0.4) is 0 Å². The van der Waals surface area contributed by atoms with Crippen LogP contribution in [0.1, 0.15) is 28.1 Å². The Balaban J connectivity index is 2.44. The lowest BCUT2D eigenvalue weighted by atomic mass is 10.2. The molecule has 110 valence electrons. The predicted octanol–water partition coefficient (Wildman–Crippen LogP) is 1.92.